The van der Waals surface area contributed by atoms with Gasteiger partial charge in [0.25, 0.3) is 5.91 Å². The van der Waals surface area contributed by atoms with Crippen molar-refractivity contribution in [3.05, 3.63) is 58.6 Å². The molecule has 0 heterocycles. The van der Waals surface area contributed by atoms with Crippen molar-refractivity contribution in [1.82, 2.24) is 0 Å². The highest BCUT2D eigenvalue weighted by molar-refractivity contribution is 6.32. The molecule has 2 aromatic carbocycles. The van der Waals surface area contributed by atoms with Crippen molar-refractivity contribution in [3.8, 4) is 5.75 Å². The molecule has 0 aliphatic carbocycles. The largest absolute Gasteiger partial charge is 0.480 e. The van der Waals surface area contributed by atoms with Gasteiger partial charge in [-0.2, -0.15) is 0 Å². The van der Waals surface area contributed by atoms with E-state index in [1.54, 1.807) is 48.5 Å². The van der Waals surface area contributed by atoms with Gasteiger partial charge >= 0.3 is 5.97 Å². The molecule has 0 saturated carbocycles. The number of amides is 1. The summed E-state index contributed by atoms with van der Waals surface area (Å²) < 4.78 is 10.3. The lowest BCUT2D eigenvalue weighted by Crippen LogP contribution is -2.31. The smallest absolute Gasteiger partial charge is 0.344 e. The fourth-order valence-electron chi connectivity index (χ4n) is 1.79. The Kier molecular flexibility index (Phi) is 6.46. The molecule has 0 aliphatic rings. The SMILES string of the molecule is C[C@H](OC(=O)COc1ccccc1Cl)C(=O)Nc1cccc(Cl)c1. The monoisotopic (exact) mass is 367 g/mol. The molecule has 0 aliphatic heterocycles. The van der Waals surface area contributed by atoms with Gasteiger partial charge < -0.3 is 14.8 Å². The van der Waals surface area contributed by atoms with Crippen molar-refractivity contribution in [2.24, 2.45) is 0 Å². The Hall–Kier alpha value is -2.24. The molecule has 0 unspecified atom stereocenters. The van der Waals surface area contributed by atoms with Crippen LogP contribution in [0, 0.1) is 0 Å². The maximum Gasteiger partial charge on any atom is 0.344 e. The van der Waals surface area contributed by atoms with E-state index in [4.69, 9.17) is 32.7 Å². The molecule has 5 nitrogen and oxygen atoms in total. The van der Waals surface area contributed by atoms with Gasteiger partial charge in [0.05, 0.1) is 5.02 Å². The molecule has 0 bridgehead atoms. The Morgan fingerprint density at radius 3 is 2.58 bits per heavy atom. The van der Waals surface area contributed by atoms with Crippen LogP contribution < -0.4 is 10.1 Å². The van der Waals surface area contributed by atoms with E-state index in [0.717, 1.165) is 0 Å². The van der Waals surface area contributed by atoms with Crippen molar-refractivity contribution < 1.29 is 19.1 Å². The normalized spacial score (nSPS) is 11.5. The molecule has 2 aromatic rings. The van der Waals surface area contributed by atoms with Gasteiger partial charge in [0, 0.05) is 10.7 Å². The lowest BCUT2D eigenvalue weighted by Gasteiger charge is -2.14. The van der Waals surface area contributed by atoms with Crippen LogP contribution in [-0.4, -0.2) is 24.6 Å². The van der Waals surface area contributed by atoms with E-state index in [1.807, 2.05) is 0 Å². The van der Waals surface area contributed by atoms with Gasteiger partial charge in [0.1, 0.15) is 5.75 Å². The van der Waals surface area contributed by atoms with Gasteiger partial charge in [0.2, 0.25) is 0 Å². The Morgan fingerprint density at radius 1 is 1.12 bits per heavy atom. The topological polar surface area (TPSA) is 64.6 Å². The zero-order chi connectivity index (χ0) is 17.5. The number of para-hydroxylation sites is 1. The highest BCUT2D eigenvalue weighted by Gasteiger charge is 2.18. The fourth-order valence-corrected chi connectivity index (χ4v) is 2.17. The predicted molar refractivity (Wildman–Crippen MR) is 92.6 cm³/mol. The number of esters is 1. The molecule has 2 rings (SSSR count). The minimum Gasteiger partial charge on any atom is -0.480 e. The molecule has 7 heteroatoms. The first-order chi connectivity index (χ1) is 11.5. The molecule has 0 fully saturated rings. The second-order valence-electron chi connectivity index (χ2n) is 4.85. The summed E-state index contributed by atoms with van der Waals surface area (Å²) in [6.07, 6.45) is -0.980. The third-order valence-corrected chi connectivity index (χ3v) is 3.50. The van der Waals surface area contributed by atoms with Gasteiger partial charge in [0.15, 0.2) is 12.7 Å². The fraction of sp³-hybridized carbons (Fsp3) is 0.176. The van der Waals surface area contributed by atoms with Crippen LogP contribution >= 0.6 is 23.2 Å². The zero-order valence-corrected chi connectivity index (χ0v) is 14.3. The number of hydrogen-bond donors (Lipinski definition) is 1. The lowest BCUT2D eigenvalue weighted by molar-refractivity contribution is -0.155. The van der Waals surface area contributed by atoms with Crippen LogP contribution in [0.25, 0.3) is 0 Å². The van der Waals surface area contributed by atoms with E-state index < -0.39 is 18.0 Å². The van der Waals surface area contributed by atoms with Crippen LogP contribution in [-0.2, 0) is 14.3 Å². The van der Waals surface area contributed by atoms with Gasteiger partial charge in [-0.25, -0.2) is 4.79 Å². The van der Waals surface area contributed by atoms with Crippen LogP contribution in [0.1, 0.15) is 6.92 Å². The molecular formula is C17H15Cl2NO4. The van der Waals surface area contributed by atoms with Crippen LogP contribution in [0.15, 0.2) is 48.5 Å². The van der Waals surface area contributed by atoms with E-state index in [1.165, 1.54) is 6.92 Å². The lowest BCUT2D eigenvalue weighted by atomic mass is 10.3. The number of anilines is 1. The summed E-state index contributed by atoms with van der Waals surface area (Å²) in [5.74, 6) is -0.779. The van der Waals surface area contributed by atoms with Gasteiger partial charge in [-0.15, -0.1) is 0 Å². The number of halogens is 2. The molecule has 126 valence electrons. The van der Waals surface area contributed by atoms with Crippen LogP contribution in [0.2, 0.25) is 10.0 Å². The van der Waals surface area contributed by atoms with Crippen molar-refractivity contribution in [2.45, 2.75) is 13.0 Å². The molecule has 0 spiro atoms. The average Bonchev–Trinajstić information content (AvgIpc) is 2.54. The Morgan fingerprint density at radius 2 is 1.88 bits per heavy atom. The van der Waals surface area contributed by atoms with Crippen molar-refractivity contribution in [1.29, 1.82) is 0 Å². The molecule has 0 saturated heterocycles. The number of benzene rings is 2. The highest BCUT2D eigenvalue weighted by atomic mass is 35.5. The van der Waals surface area contributed by atoms with E-state index in [-0.39, 0.29) is 6.61 Å². The molecule has 0 radical (unpaired) electrons. The molecular weight excluding hydrogens is 353 g/mol. The first kappa shape index (κ1) is 18.1. The Balaban J connectivity index is 1.82. The van der Waals surface area contributed by atoms with E-state index >= 15 is 0 Å². The second-order valence-corrected chi connectivity index (χ2v) is 5.69. The number of carbonyl (C=O) groups excluding carboxylic acids is 2. The first-order valence-electron chi connectivity index (χ1n) is 7.09. The van der Waals surface area contributed by atoms with Crippen LogP contribution in [0.3, 0.4) is 0 Å². The number of rotatable bonds is 6. The highest BCUT2D eigenvalue weighted by Crippen LogP contribution is 2.23. The van der Waals surface area contributed by atoms with Gasteiger partial charge in [-0.3, -0.25) is 4.79 Å². The second kappa shape index (κ2) is 8.57. The molecule has 1 atom stereocenters. The molecule has 1 amide bonds. The number of nitrogens with one attached hydrogen (secondary N) is 1. The van der Waals surface area contributed by atoms with Crippen LogP contribution in [0.5, 0.6) is 5.75 Å². The van der Waals surface area contributed by atoms with Crippen molar-refractivity contribution in [2.75, 3.05) is 11.9 Å². The minimum atomic E-state index is -0.980. The van der Waals surface area contributed by atoms with Gasteiger partial charge in [-0.1, -0.05) is 41.4 Å². The third-order valence-electron chi connectivity index (χ3n) is 2.95. The summed E-state index contributed by atoms with van der Waals surface area (Å²) in [5, 5.41) is 3.49. The molecule has 0 aromatic heterocycles. The summed E-state index contributed by atoms with van der Waals surface area (Å²) in [6, 6.07) is 13.4. The Labute approximate surface area is 149 Å². The van der Waals surface area contributed by atoms with Crippen LogP contribution in [0.4, 0.5) is 5.69 Å². The average molecular weight is 368 g/mol. The summed E-state index contributed by atoms with van der Waals surface area (Å²) in [7, 11) is 0. The minimum absolute atomic E-state index is 0.349. The van der Waals surface area contributed by atoms with Crippen molar-refractivity contribution >= 4 is 40.8 Å². The van der Waals surface area contributed by atoms with E-state index in [9.17, 15) is 9.59 Å². The first-order valence-corrected chi connectivity index (χ1v) is 7.84. The summed E-state index contributed by atoms with van der Waals surface area (Å²) >= 11 is 11.8. The summed E-state index contributed by atoms with van der Waals surface area (Å²) in [4.78, 5) is 23.8. The summed E-state index contributed by atoms with van der Waals surface area (Å²) in [5.41, 5.74) is 0.516. The summed E-state index contributed by atoms with van der Waals surface area (Å²) in [6.45, 7) is 1.12. The standard InChI is InChI=1S/C17H15Cl2NO4/c1-11(17(22)20-13-6-4-5-12(18)9-13)24-16(21)10-23-15-8-3-2-7-14(15)19/h2-9,11H,10H2,1H3,(H,20,22)/t11-/m0/s1. The maximum absolute atomic E-state index is 12.0. The van der Waals surface area contributed by atoms with Crippen molar-refractivity contribution in [3.63, 3.8) is 0 Å². The third kappa shape index (κ3) is 5.44. The predicted octanol–water partition coefficient (Wildman–Crippen LogP) is 3.94. The number of ether oxygens (including phenoxy) is 2. The molecule has 24 heavy (non-hydrogen) atoms. The number of carbonyl (C=O) groups is 2. The molecule has 1 N–H and O–H groups in total. The van der Waals surface area contributed by atoms with E-state index in [0.29, 0.717) is 21.5 Å². The Bertz CT molecular complexity index is 736. The maximum atomic E-state index is 12.0. The van der Waals surface area contributed by atoms with E-state index in [2.05, 4.69) is 5.32 Å². The van der Waals surface area contributed by atoms with Gasteiger partial charge in [-0.05, 0) is 37.3 Å². The quantitative estimate of drug-likeness (QED) is 0.785. The number of hydrogen-bond acceptors (Lipinski definition) is 4. The zero-order valence-electron chi connectivity index (χ0n) is 12.8.